The summed E-state index contributed by atoms with van der Waals surface area (Å²) in [7, 11) is 0. The number of epoxide rings is 1. The molecule has 0 amide bonds. The number of ether oxygens (including phenoxy) is 2. The highest BCUT2D eigenvalue weighted by molar-refractivity contribution is 5.48. The second-order valence-electron chi connectivity index (χ2n) is 3.50. The van der Waals surface area contributed by atoms with E-state index >= 15 is 0 Å². The topological polar surface area (TPSA) is 21.8 Å². The van der Waals surface area contributed by atoms with Gasteiger partial charge in [-0.15, -0.1) is 0 Å². The van der Waals surface area contributed by atoms with Crippen molar-refractivity contribution in [2.75, 3.05) is 0 Å². The van der Waals surface area contributed by atoms with Gasteiger partial charge in [0.25, 0.3) is 0 Å². The zero-order valence-electron chi connectivity index (χ0n) is 7.24. The molecule has 0 spiro atoms. The summed E-state index contributed by atoms with van der Waals surface area (Å²) in [5.74, 6) is 0.299. The number of halogens is 2. The van der Waals surface area contributed by atoms with Crippen molar-refractivity contribution < 1.29 is 18.3 Å². The Labute approximate surface area is 79.4 Å². The van der Waals surface area contributed by atoms with E-state index < -0.39 is 6.61 Å². The summed E-state index contributed by atoms with van der Waals surface area (Å²) in [4.78, 5) is 0. The first-order valence-electron chi connectivity index (χ1n) is 4.48. The Hall–Kier alpha value is -1.16. The van der Waals surface area contributed by atoms with Crippen molar-refractivity contribution in [3.8, 4) is 5.75 Å². The smallest absolute Gasteiger partial charge is 0.387 e. The highest BCUT2D eigenvalue weighted by atomic mass is 19.3. The van der Waals surface area contributed by atoms with Crippen LogP contribution in [0.5, 0.6) is 5.75 Å². The van der Waals surface area contributed by atoms with Crippen LogP contribution in [0.1, 0.15) is 17.2 Å². The van der Waals surface area contributed by atoms with E-state index in [4.69, 9.17) is 4.74 Å². The van der Waals surface area contributed by atoms with Gasteiger partial charge >= 0.3 is 6.61 Å². The molecule has 2 atom stereocenters. The molecule has 0 bridgehead atoms. The van der Waals surface area contributed by atoms with Crippen molar-refractivity contribution in [1.29, 1.82) is 0 Å². The normalized spacial score (nSPS) is 27.4. The molecule has 14 heavy (non-hydrogen) atoms. The fraction of sp³-hybridized carbons (Fsp3) is 0.400. The maximum atomic E-state index is 12.0. The number of alkyl halides is 2. The van der Waals surface area contributed by atoms with Gasteiger partial charge in [0.1, 0.15) is 11.9 Å². The second kappa shape index (κ2) is 2.67. The molecular weight excluding hydrogens is 190 g/mol. The first-order chi connectivity index (χ1) is 6.75. The van der Waals surface area contributed by atoms with Crippen molar-refractivity contribution in [3.05, 3.63) is 29.3 Å². The molecule has 4 heteroatoms. The molecule has 2 nitrogen and oxygen atoms in total. The minimum atomic E-state index is -2.75. The molecular formula is C10H8F2O2. The molecule has 1 aliphatic carbocycles. The van der Waals surface area contributed by atoms with Gasteiger partial charge in [0.05, 0.1) is 6.10 Å². The number of benzene rings is 1. The van der Waals surface area contributed by atoms with Gasteiger partial charge in [-0.05, 0) is 11.6 Å². The van der Waals surface area contributed by atoms with E-state index in [1.54, 1.807) is 12.1 Å². The molecule has 2 aliphatic rings. The Bertz CT molecular complexity index is 378. The van der Waals surface area contributed by atoms with E-state index in [2.05, 4.69) is 4.74 Å². The lowest BCUT2D eigenvalue weighted by atomic mass is 10.1. The molecule has 0 N–H and O–H groups in total. The molecule has 1 aliphatic heterocycles. The molecule has 0 aromatic heterocycles. The molecule has 74 valence electrons. The van der Waals surface area contributed by atoms with E-state index in [0.29, 0.717) is 12.2 Å². The maximum absolute atomic E-state index is 12.0. The zero-order valence-corrected chi connectivity index (χ0v) is 7.24. The van der Waals surface area contributed by atoms with Crippen LogP contribution in [-0.4, -0.2) is 12.7 Å². The molecule has 1 aromatic rings. The van der Waals surface area contributed by atoms with Gasteiger partial charge < -0.3 is 9.47 Å². The summed E-state index contributed by atoms with van der Waals surface area (Å²) in [6.45, 7) is -2.75. The van der Waals surface area contributed by atoms with Gasteiger partial charge in [0, 0.05) is 12.0 Å². The Balaban J connectivity index is 1.98. The van der Waals surface area contributed by atoms with Crippen LogP contribution in [0.2, 0.25) is 0 Å². The summed E-state index contributed by atoms with van der Waals surface area (Å²) >= 11 is 0. The number of fused-ring (bicyclic) bond motifs is 3. The van der Waals surface area contributed by atoms with Crippen LogP contribution >= 0.6 is 0 Å². The van der Waals surface area contributed by atoms with Crippen molar-refractivity contribution in [2.24, 2.45) is 0 Å². The highest BCUT2D eigenvalue weighted by Crippen LogP contribution is 2.51. The molecule has 1 saturated heterocycles. The summed E-state index contributed by atoms with van der Waals surface area (Å²) in [6, 6.07) is 5.21. The summed E-state index contributed by atoms with van der Waals surface area (Å²) in [5, 5.41) is 0. The minimum Gasteiger partial charge on any atom is -0.435 e. The van der Waals surface area contributed by atoms with Gasteiger partial charge in [-0.3, -0.25) is 0 Å². The van der Waals surface area contributed by atoms with Crippen molar-refractivity contribution in [2.45, 2.75) is 25.2 Å². The van der Waals surface area contributed by atoms with E-state index in [9.17, 15) is 8.78 Å². The minimum absolute atomic E-state index is 0.131. The van der Waals surface area contributed by atoms with E-state index in [1.807, 2.05) is 6.07 Å². The van der Waals surface area contributed by atoms with Crippen LogP contribution in [-0.2, 0) is 11.2 Å². The first-order valence-corrected chi connectivity index (χ1v) is 4.48. The standard InChI is InChI=1S/C10H8F2O2/c11-10(12)14-7-3-1-2-5-6(7)4-8-9(5)13-8/h1-3,8-10H,4H2. The highest BCUT2D eigenvalue weighted by Gasteiger charge is 2.48. The third-order valence-electron chi connectivity index (χ3n) is 2.68. The van der Waals surface area contributed by atoms with Crippen LogP contribution in [0.25, 0.3) is 0 Å². The lowest BCUT2D eigenvalue weighted by molar-refractivity contribution is -0.0505. The molecule has 1 fully saturated rings. The Morgan fingerprint density at radius 2 is 2.29 bits per heavy atom. The predicted molar refractivity (Wildman–Crippen MR) is 44.4 cm³/mol. The molecule has 1 heterocycles. The first kappa shape index (κ1) is 8.17. The molecule has 0 radical (unpaired) electrons. The Morgan fingerprint density at radius 1 is 1.43 bits per heavy atom. The number of hydrogen-bond donors (Lipinski definition) is 0. The van der Waals surface area contributed by atoms with Gasteiger partial charge in [0.15, 0.2) is 0 Å². The summed E-state index contributed by atoms with van der Waals surface area (Å²) in [6.07, 6.45) is 1.03. The SMILES string of the molecule is FC(F)Oc1cccc2c1CC1OC21. The van der Waals surface area contributed by atoms with Gasteiger partial charge in [0.2, 0.25) is 0 Å². The van der Waals surface area contributed by atoms with Crippen molar-refractivity contribution >= 4 is 0 Å². The zero-order chi connectivity index (χ0) is 9.71. The van der Waals surface area contributed by atoms with Gasteiger partial charge in [-0.25, -0.2) is 0 Å². The quantitative estimate of drug-likeness (QED) is 0.680. The average molecular weight is 198 g/mol. The van der Waals surface area contributed by atoms with Gasteiger partial charge in [-0.1, -0.05) is 12.1 Å². The second-order valence-corrected chi connectivity index (χ2v) is 3.50. The molecule has 0 saturated carbocycles. The predicted octanol–water partition coefficient (Wildman–Crippen LogP) is 2.28. The van der Waals surface area contributed by atoms with Crippen LogP contribution < -0.4 is 4.74 Å². The van der Waals surface area contributed by atoms with E-state index in [0.717, 1.165) is 11.1 Å². The fourth-order valence-corrected chi connectivity index (χ4v) is 2.05. The monoisotopic (exact) mass is 198 g/mol. The fourth-order valence-electron chi connectivity index (χ4n) is 2.05. The average Bonchev–Trinajstić information content (AvgIpc) is 2.80. The van der Waals surface area contributed by atoms with Crippen LogP contribution in [0.3, 0.4) is 0 Å². The van der Waals surface area contributed by atoms with Crippen LogP contribution in [0, 0.1) is 0 Å². The van der Waals surface area contributed by atoms with Gasteiger partial charge in [-0.2, -0.15) is 8.78 Å². The number of rotatable bonds is 2. The summed E-state index contributed by atoms with van der Waals surface area (Å²) < 4.78 is 33.8. The van der Waals surface area contributed by atoms with Crippen molar-refractivity contribution in [1.82, 2.24) is 0 Å². The Morgan fingerprint density at radius 3 is 3.07 bits per heavy atom. The van der Waals surface area contributed by atoms with Crippen LogP contribution in [0.4, 0.5) is 8.78 Å². The third-order valence-corrected chi connectivity index (χ3v) is 2.68. The molecule has 2 unspecified atom stereocenters. The lowest BCUT2D eigenvalue weighted by Crippen LogP contribution is -2.05. The van der Waals surface area contributed by atoms with E-state index in [-0.39, 0.29) is 12.2 Å². The molecule has 1 aromatic carbocycles. The lowest BCUT2D eigenvalue weighted by Gasteiger charge is -2.10. The number of hydrogen-bond acceptors (Lipinski definition) is 2. The molecule has 3 rings (SSSR count). The van der Waals surface area contributed by atoms with E-state index in [1.165, 1.54) is 0 Å². The Kier molecular flexibility index (Phi) is 1.56. The maximum Gasteiger partial charge on any atom is 0.387 e. The van der Waals surface area contributed by atoms with Crippen molar-refractivity contribution in [3.63, 3.8) is 0 Å². The summed E-state index contributed by atoms with van der Waals surface area (Å²) in [5.41, 5.74) is 1.89. The third kappa shape index (κ3) is 1.10. The largest absolute Gasteiger partial charge is 0.435 e. The van der Waals surface area contributed by atoms with Crippen LogP contribution in [0.15, 0.2) is 18.2 Å².